The third-order valence-corrected chi connectivity index (χ3v) is 5.58. The Kier molecular flexibility index (Phi) is 5.30. The molecule has 26 heavy (non-hydrogen) atoms. The SMILES string of the molecule is CCc1cccc(CC)c1NC(=O)C1(C(=O)N2CCN(C=O)CC2)CC1. The first-order valence-corrected chi connectivity index (χ1v) is 9.46. The molecule has 0 aromatic heterocycles. The molecule has 1 heterocycles. The van der Waals surface area contributed by atoms with E-state index in [0.29, 0.717) is 39.0 Å². The summed E-state index contributed by atoms with van der Waals surface area (Å²) in [5.74, 6) is -0.275. The minimum absolute atomic E-state index is 0.0902. The fourth-order valence-corrected chi connectivity index (χ4v) is 3.63. The number of carbonyl (C=O) groups is 3. The van der Waals surface area contributed by atoms with Crippen molar-refractivity contribution in [2.45, 2.75) is 39.5 Å². The van der Waals surface area contributed by atoms with Gasteiger partial charge in [-0.05, 0) is 36.8 Å². The summed E-state index contributed by atoms with van der Waals surface area (Å²) in [7, 11) is 0. The van der Waals surface area contributed by atoms with E-state index in [0.717, 1.165) is 36.1 Å². The molecule has 1 saturated carbocycles. The van der Waals surface area contributed by atoms with Crippen molar-refractivity contribution in [3.05, 3.63) is 29.3 Å². The molecule has 0 atom stereocenters. The largest absolute Gasteiger partial charge is 0.342 e. The molecule has 140 valence electrons. The number of piperazine rings is 1. The van der Waals surface area contributed by atoms with Crippen LogP contribution in [-0.4, -0.2) is 54.2 Å². The Bertz CT molecular complexity index is 682. The highest BCUT2D eigenvalue weighted by molar-refractivity contribution is 6.13. The molecule has 1 aromatic rings. The number of anilines is 1. The summed E-state index contributed by atoms with van der Waals surface area (Å²) in [5.41, 5.74) is 2.14. The number of rotatable bonds is 6. The second-order valence-electron chi connectivity index (χ2n) is 7.13. The highest BCUT2D eigenvalue weighted by Gasteiger charge is 2.58. The Hall–Kier alpha value is -2.37. The van der Waals surface area contributed by atoms with Crippen molar-refractivity contribution < 1.29 is 14.4 Å². The van der Waals surface area contributed by atoms with Gasteiger partial charge in [0.1, 0.15) is 5.41 Å². The van der Waals surface area contributed by atoms with Gasteiger partial charge in [0.15, 0.2) is 0 Å². The lowest BCUT2D eigenvalue weighted by atomic mass is 9.99. The lowest BCUT2D eigenvalue weighted by Gasteiger charge is -2.34. The fraction of sp³-hybridized carbons (Fsp3) is 0.550. The summed E-state index contributed by atoms with van der Waals surface area (Å²) in [5, 5.41) is 3.07. The number of benzene rings is 1. The van der Waals surface area contributed by atoms with E-state index in [4.69, 9.17) is 0 Å². The first-order chi connectivity index (χ1) is 12.6. The van der Waals surface area contributed by atoms with Crippen LogP contribution in [0.3, 0.4) is 0 Å². The molecule has 6 nitrogen and oxygen atoms in total. The van der Waals surface area contributed by atoms with E-state index in [-0.39, 0.29) is 11.8 Å². The van der Waals surface area contributed by atoms with Crippen molar-refractivity contribution in [2.75, 3.05) is 31.5 Å². The molecular formula is C20H27N3O3. The molecule has 1 saturated heterocycles. The highest BCUT2D eigenvalue weighted by Crippen LogP contribution is 2.48. The van der Waals surface area contributed by atoms with Gasteiger partial charge in [0.2, 0.25) is 18.2 Å². The van der Waals surface area contributed by atoms with Crippen molar-refractivity contribution in [1.82, 2.24) is 9.80 Å². The van der Waals surface area contributed by atoms with Crippen molar-refractivity contribution in [3.63, 3.8) is 0 Å². The van der Waals surface area contributed by atoms with Gasteiger partial charge in [0.05, 0.1) is 0 Å². The first kappa shape index (κ1) is 18.4. The molecule has 2 aliphatic rings. The smallest absolute Gasteiger partial charge is 0.240 e. The van der Waals surface area contributed by atoms with Crippen LogP contribution in [0.5, 0.6) is 0 Å². The van der Waals surface area contributed by atoms with Gasteiger partial charge in [-0.2, -0.15) is 0 Å². The van der Waals surface area contributed by atoms with Gasteiger partial charge in [0, 0.05) is 31.9 Å². The quantitative estimate of drug-likeness (QED) is 0.624. The molecule has 6 heteroatoms. The van der Waals surface area contributed by atoms with Crippen LogP contribution in [0, 0.1) is 5.41 Å². The van der Waals surface area contributed by atoms with E-state index < -0.39 is 5.41 Å². The number of nitrogens with one attached hydrogen (secondary N) is 1. The predicted molar refractivity (Wildman–Crippen MR) is 99.7 cm³/mol. The average molecular weight is 357 g/mol. The maximum Gasteiger partial charge on any atom is 0.240 e. The van der Waals surface area contributed by atoms with Crippen LogP contribution in [-0.2, 0) is 27.2 Å². The molecule has 0 unspecified atom stereocenters. The number of para-hydroxylation sites is 1. The summed E-state index contributed by atoms with van der Waals surface area (Å²) in [6, 6.07) is 6.06. The summed E-state index contributed by atoms with van der Waals surface area (Å²) in [4.78, 5) is 40.2. The zero-order chi connectivity index (χ0) is 18.7. The van der Waals surface area contributed by atoms with Crippen molar-refractivity contribution in [3.8, 4) is 0 Å². The Labute approximate surface area is 154 Å². The van der Waals surface area contributed by atoms with Crippen LogP contribution in [0.25, 0.3) is 0 Å². The summed E-state index contributed by atoms with van der Waals surface area (Å²) in [6.45, 7) is 6.19. The number of carbonyl (C=O) groups excluding carboxylic acids is 3. The standard InChI is InChI=1S/C20H27N3O3/c1-3-15-6-5-7-16(4-2)17(15)21-18(25)20(8-9-20)19(26)23-12-10-22(14-24)11-13-23/h5-7,14H,3-4,8-13H2,1-2H3,(H,21,25). The zero-order valence-electron chi connectivity index (χ0n) is 15.6. The molecular weight excluding hydrogens is 330 g/mol. The minimum atomic E-state index is -0.921. The molecule has 1 aromatic carbocycles. The fourth-order valence-electron chi connectivity index (χ4n) is 3.63. The third kappa shape index (κ3) is 3.32. The molecule has 0 bridgehead atoms. The summed E-state index contributed by atoms with van der Waals surface area (Å²) in [6.07, 6.45) is 3.67. The normalized spacial score (nSPS) is 18.4. The first-order valence-electron chi connectivity index (χ1n) is 9.46. The van der Waals surface area contributed by atoms with Crippen LogP contribution < -0.4 is 5.32 Å². The van der Waals surface area contributed by atoms with Gasteiger partial charge < -0.3 is 15.1 Å². The van der Waals surface area contributed by atoms with Gasteiger partial charge in [0.25, 0.3) is 0 Å². The van der Waals surface area contributed by atoms with Crippen LogP contribution in [0.4, 0.5) is 5.69 Å². The van der Waals surface area contributed by atoms with Gasteiger partial charge in [-0.1, -0.05) is 32.0 Å². The Morgan fingerprint density at radius 1 is 1.08 bits per heavy atom. The Morgan fingerprint density at radius 2 is 1.65 bits per heavy atom. The average Bonchev–Trinajstić information content (AvgIpc) is 3.49. The van der Waals surface area contributed by atoms with Crippen molar-refractivity contribution in [1.29, 1.82) is 0 Å². The van der Waals surface area contributed by atoms with Gasteiger partial charge >= 0.3 is 0 Å². The lowest BCUT2D eigenvalue weighted by molar-refractivity contribution is -0.144. The molecule has 1 aliphatic heterocycles. The monoisotopic (exact) mass is 357 g/mol. The van der Waals surface area contributed by atoms with Crippen LogP contribution in [0.1, 0.15) is 37.8 Å². The van der Waals surface area contributed by atoms with Gasteiger partial charge in [-0.15, -0.1) is 0 Å². The minimum Gasteiger partial charge on any atom is -0.342 e. The number of hydrogen-bond donors (Lipinski definition) is 1. The third-order valence-electron chi connectivity index (χ3n) is 5.58. The Balaban J connectivity index is 1.74. The predicted octanol–water partition coefficient (Wildman–Crippen LogP) is 1.83. The number of nitrogens with zero attached hydrogens (tertiary/aromatic N) is 2. The molecule has 1 N–H and O–H groups in total. The maximum atomic E-state index is 13.0. The van der Waals surface area contributed by atoms with E-state index >= 15 is 0 Å². The number of aryl methyl sites for hydroxylation is 2. The van der Waals surface area contributed by atoms with Crippen molar-refractivity contribution >= 4 is 23.9 Å². The van der Waals surface area contributed by atoms with Gasteiger partial charge in [-0.3, -0.25) is 14.4 Å². The summed E-state index contributed by atoms with van der Waals surface area (Å²) >= 11 is 0. The van der Waals surface area contributed by atoms with Crippen LogP contribution >= 0.6 is 0 Å². The zero-order valence-corrected chi connectivity index (χ0v) is 15.6. The van der Waals surface area contributed by atoms with Gasteiger partial charge in [-0.25, -0.2) is 0 Å². The van der Waals surface area contributed by atoms with E-state index in [2.05, 4.69) is 19.2 Å². The second-order valence-corrected chi connectivity index (χ2v) is 7.13. The molecule has 2 fully saturated rings. The molecule has 0 radical (unpaired) electrons. The lowest BCUT2D eigenvalue weighted by Crippen LogP contribution is -2.52. The second kappa shape index (κ2) is 7.48. The van der Waals surface area contributed by atoms with E-state index in [1.165, 1.54) is 0 Å². The molecule has 3 rings (SSSR count). The molecule has 3 amide bonds. The van der Waals surface area contributed by atoms with Crippen molar-refractivity contribution in [2.24, 2.45) is 5.41 Å². The Morgan fingerprint density at radius 3 is 2.12 bits per heavy atom. The summed E-state index contributed by atoms with van der Waals surface area (Å²) < 4.78 is 0. The van der Waals surface area contributed by atoms with E-state index in [1.54, 1.807) is 9.80 Å². The highest BCUT2D eigenvalue weighted by atomic mass is 16.2. The molecule has 0 spiro atoms. The molecule has 1 aliphatic carbocycles. The van der Waals surface area contributed by atoms with Crippen LogP contribution in [0.2, 0.25) is 0 Å². The maximum absolute atomic E-state index is 13.0. The van der Waals surface area contributed by atoms with E-state index in [9.17, 15) is 14.4 Å². The number of hydrogen-bond acceptors (Lipinski definition) is 3. The topological polar surface area (TPSA) is 69.7 Å². The number of amides is 3. The van der Waals surface area contributed by atoms with Crippen LogP contribution in [0.15, 0.2) is 18.2 Å². The van der Waals surface area contributed by atoms with E-state index in [1.807, 2.05) is 18.2 Å².